The van der Waals surface area contributed by atoms with Crippen molar-refractivity contribution in [3.63, 3.8) is 0 Å². The third kappa shape index (κ3) is 2.87. The largest absolute Gasteiger partial charge is 0.370 e. The van der Waals surface area contributed by atoms with E-state index in [0.717, 1.165) is 23.3 Å². The number of thioether (sulfide) groups is 1. The molecule has 0 radical (unpaired) electrons. The molecule has 2 rings (SSSR count). The molecular formula is C10H15N3S. The van der Waals surface area contributed by atoms with Crippen LogP contribution in [0.3, 0.4) is 0 Å². The maximum Gasteiger partial charge on any atom is 0.130 e. The Kier molecular flexibility index (Phi) is 3.24. The second-order valence-electron chi connectivity index (χ2n) is 3.60. The van der Waals surface area contributed by atoms with E-state index in [-0.39, 0.29) is 0 Å². The second-order valence-corrected chi connectivity index (χ2v) is 4.43. The summed E-state index contributed by atoms with van der Waals surface area (Å²) in [4.78, 5) is 8.29. The molecule has 0 saturated heterocycles. The number of nitrogens with one attached hydrogen (secondary N) is 1. The molecule has 3 nitrogen and oxygen atoms in total. The third-order valence-electron chi connectivity index (χ3n) is 2.41. The highest BCUT2D eigenvalue weighted by molar-refractivity contribution is 7.98. The van der Waals surface area contributed by atoms with Gasteiger partial charge in [-0.2, -0.15) is 0 Å². The lowest BCUT2D eigenvalue weighted by molar-refractivity contribution is 0.757. The first-order valence-electron chi connectivity index (χ1n) is 4.98. The van der Waals surface area contributed by atoms with E-state index in [1.54, 1.807) is 18.1 Å². The van der Waals surface area contributed by atoms with Gasteiger partial charge in [0.2, 0.25) is 0 Å². The molecule has 14 heavy (non-hydrogen) atoms. The number of nitrogens with zero attached hydrogens (tertiary/aromatic N) is 2. The van der Waals surface area contributed by atoms with E-state index in [4.69, 9.17) is 0 Å². The molecule has 0 atom stereocenters. The van der Waals surface area contributed by atoms with Crippen LogP contribution in [0.4, 0.5) is 5.82 Å². The topological polar surface area (TPSA) is 37.8 Å². The van der Waals surface area contributed by atoms with Gasteiger partial charge >= 0.3 is 0 Å². The Hall–Kier alpha value is -0.770. The zero-order chi connectivity index (χ0) is 9.80. The summed E-state index contributed by atoms with van der Waals surface area (Å²) in [6.07, 6.45) is 7.75. The summed E-state index contributed by atoms with van der Waals surface area (Å²) in [6, 6.07) is 2.00. The van der Waals surface area contributed by atoms with Gasteiger partial charge in [-0.15, -0.1) is 11.8 Å². The van der Waals surface area contributed by atoms with Gasteiger partial charge in [0.25, 0.3) is 0 Å². The van der Waals surface area contributed by atoms with Crippen molar-refractivity contribution in [2.75, 3.05) is 18.1 Å². The molecule has 1 aliphatic carbocycles. The fourth-order valence-electron chi connectivity index (χ4n) is 1.36. The van der Waals surface area contributed by atoms with Crippen LogP contribution in [0.5, 0.6) is 0 Å². The molecular weight excluding hydrogens is 194 g/mol. The molecule has 1 aliphatic rings. The lowest BCUT2D eigenvalue weighted by Crippen LogP contribution is -2.04. The number of hydrogen-bond donors (Lipinski definition) is 1. The van der Waals surface area contributed by atoms with E-state index in [2.05, 4.69) is 15.3 Å². The standard InChI is InChI=1S/C10H15N3S/c1-14-10-6-9(12-7-13-10)11-5-4-8-2-3-8/h6-8H,2-5H2,1H3,(H,11,12,13). The zero-order valence-electron chi connectivity index (χ0n) is 8.36. The van der Waals surface area contributed by atoms with Crippen LogP contribution < -0.4 is 5.32 Å². The van der Waals surface area contributed by atoms with Gasteiger partial charge in [-0.3, -0.25) is 0 Å². The van der Waals surface area contributed by atoms with Gasteiger partial charge in [-0.1, -0.05) is 12.8 Å². The average Bonchev–Trinajstić information content (AvgIpc) is 3.02. The van der Waals surface area contributed by atoms with Crippen molar-refractivity contribution in [3.05, 3.63) is 12.4 Å². The molecule has 4 heteroatoms. The van der Waals surface area contributed by atoms with Crippen LogP contribution in [0.2, 0.25) is 0 Å². The molecule has 1 aromatic rings. The fourth-order valence-corrected chi connectivity index (χ4v) is 1.74. The van der Waals surface area contributed by atoms with Crippen molar-refractivity contribution in [2.24, 2.45) is 5.92 Å². The van der Waals surface area contributed by atoms with Gasteiger partial charge in [0, 0.05) is 12.6 Å². The van der Waals surface area contributed by atoms with E-state index in [1.807, 2.05) is 12.3 Å². The van der Waals surface area contributed by atoms with Crippen molar-refractivity contribution in [2.45, 2.75) is 24.3 Å². The van der Waals surface area contributed by atoms with Crippen molar-refractivity contribution in [3.8, 4) is 0 Å². The van der Waals surface area contributed by atoms with Crippen LogP contribution >= 0.6 is 11.8 Å². The molecule has 0 unspecified atom stereocenters. The summed E-state index contributed by atoms with van der Waals surface area (Å²) in [7, 11) is 0. The lowest BCUT2D eigenvalue weighted by atomic mass is 10.3. The first-order chi connectivity index (χ1) is 6.88. The first-order valence-corrected chi connectivity index (χ1v) is 6.21. The highest BCUT2D eigenvalue weighted by Gasteiger charge is 2.20. The quantitative estimate of drug-likeness (QED) is 0.597. The predicted octanol–water partition coefficient (Wildman–Crippen LogP) is 2.41. The molecule has 1 fully saturated rings. The van der Waals surface area contributed by atoms with Crippen LogP contribution in [0.1, 0.15) is 19.3 Å². The normalized spacial score (nSPS) is 15.5. The molecule has 1 aromatic heterocycles. The van der Waals surface area contributed by atoms with Crippen LogP contribution in [0.25, 0.3) is 0 Å². The minimum Gasteiger partial charge on any atom is -0.370 e. The smallest absolute Gasteiger partial charge is 0.130 e. The van der Waals surface area contributed by atoms with E-state index in [0.29, 0.717) is 0 Å². The van der Waals surface area contributed by atoms with E-state index < -0.39 is 0 Å². The lowest BCUT2D eigenvalue weighted by Gasteiger charge is -2.04. The minimum atomic E-state index is 0.949. The first kappa shape index (κ1) is 9.77. The Bertz CT molecular complexity index is 299. The summed E-state index contributed by atoms with van der Waals surface area (Å²) >= 11 is 1.64. The van der Waals surface area contributed by atoms with Gasteiger partial charge < -0.3 is 5.32 Å². The Labute approximate surface area is 88.7 Å². The van der Waals surface area contributed by atoms with Gasteiger partial charge in [0.1, 0.15) is 17.2 Å². The maximum atomic E-state index is 4.17. The van der Waals surface area contributed by atoms with Crippen molar-refractivity contribution in [1.29, 1.82) is 0 Å². The van der Waals surface area contributed by atoms with E-state index in [9.17, 15) is 0 Å². The zero-order valence-corrected chi connectivity index (χ0v) is 9.18. The fraction of sp³-hybridized carbons (Fsp3) is 0.600. The molecule has 76 valence electrons. The molecule has 1 heterocycles. The molecule has 0 aliphatic heterocycles. The van der Waals surface area contributed by atoms with E-state index in [1.165, 1.54) is 19.3 Å². The number of rotatable bonds is 5. The van der Waals surface area contributed by atoms with Gasteiger partial charge in [-0.05, 0) is 18.6 Å². The average molecular weight is 209 g/mol. The van der Waals surface area contributed by atoms with Crippen molar-refractivity contribution >= 4 is 17.6 Å². The summed E-state index contributed by atoms with van der Waals surface area (Å²) < 4.78 is 0. The van der Waals surface area contributed by atoms with E-state index >= 15 is 0 Å². The van der Waals surface area contributed by atoms with Crippen molar-refractivity contribution < 1.29 is 0 Å². The number of hydrogen-bond acceptors (Lipinski definition) is 4. The predicted molar refractivity (Wildman–Crippen MR) is 59.6 cm³/mol. The Balaban J connectivity index is 1.81. The van der Waals surface area contributed by atoms with Gasteiger partial charge in [0.15, 0.2) is 0 Å². The van der Waals surface area contributed by atoms with Crippen molar-refractivity contribution in [1.82, 2.24) is 9.97 Å². The highest BCUT2D eigenvalue weighted by Crippen LogP contribution is 2.32. The Morgan fingerprint density at radius 2 is 2.36 bits per heavy atom. The number of anilines is 1. The summed E-state index contributed by atoms with van der Waals surface area (Å²) in [5.74, 6) is 1.93. The number of aromatic nitrogens is 2. The Morgan fingerprint density at radius 1 is 1.50 bits per heavy atom. The summed E-state index contributed by atoms with van der Waals surface area (Å²) in [5, 5.41) is 4.35. The van der Waals surface area contributed by atoms with Crippen LogP contribution in [-0.2, 0) is 0 Å². The second kappa shape index (κ2) is 4.64. The molecule has 0 aromatic carbocycles. The molecule has 1 saturated carbocycles. The Morgan fingerprint density at radius 3 is 3.07 bits per heavy atom. The maximum absolute atomic E-state index is 4.17. The summed E-state index contributed by atoms with van der Waals surface area (Å²) in [5.41, 5.74) is 0. The molecule has 0 amide bonds. The molecule has 0 bridgehead atoms. The van der Waals surface area contributed by atoms with Crippen LogP contribution in [0.15, 0.2) is 17.4 Å². The monoisotopic (exact) mass is 209 g/mol. The minimum absolute atomic E-state index is 0.949. The summed E-state index contributed by atoms with van der Waals surface area (Å²) in [6.45, 7) is 1.04. The van der Waals surface area contributed by atoms with Crippen LogP contribution in [-0.4, -0.2) is 22.8 Å². The van der Waals surface area contributed by atoms with Gasteiger partial charge in [0.05, 0.1) is 0 Å². The third-order valence-corrected chi connectivity index (χ3v) is 3.05. The van der Waals surface area contributed by atoms with Crippen LogP contribution in [0, 0.1) is 5.92 Å². The molecule has 0 spiro atoms. The SMILES string of the molecule is CSc1cc(NCCC2CC2)ncn1. The highest BCUT2D eigenvalue weighted by atomic mass is 32.2. The van der Waals surface area contributed by atoms with Gasteiger partial charge in [-0.25, -0.2) is 9.97 Å². The molecule has 1 N–H and O–H groups in total.